The molecule has 0 saturated carbocycles. The van der Waals surface area contributed by atoms with Gasteiger partial charge in [0.25, 0.3) is 0 Å². The van der Waals surface area contributed by atoms with E-state index in [0.717, 1.165) is 17.9 Å². The van der Waals surface area contributed by atoms with E-state index in [9.17, 15) is 0 Å². The number of hydrogen-bond acceptors (Lipinski definition) is 1. The van der Waals surface area contributed by atoms with Gasteiger partial charge in [0.05, 0.1) is 5.88 Å². The van der Waals surface area contributed by atoms with Gasteiger partial charge in [-0.15, -0.1) is 24.0 Å². The molecular weight excluding hydrogens is 267 g/mol. The van der Waals surface area contributed by atoms with E-state index in [2.05, 4.69) is 16.9 Å². The third kappa shape index (κ3) is 7.99. The Morgan fingerprint density at radius 3 is 2.22 bits per heavy atom. The minimum atomic E-state index is 0. The van der Waals surface area contributed by atoms with E-state index >= 15 is 0 Å². The zero-order chi connectivity index (χ0) is 12.3. The molecule has 0 amide bonds. The summed E-state index contributed by atoms with van der Waals surface area (Å²) in [6.07, 6.45) is 13.8. The summed E-state index contributed by atoms with van der Waals surface area (Å²) in [7, 11) is 0. The molecule has 1 rings (SSSR count). The summed E-state index contributed by atoms with van der Waals surface area (Å²) in [4.78, 5) is 7.54. The number of nitrogens with one attached hydrogen (secondary N) is 1. The van der Waals surface area contributed by atoms with Crippen molar-refractivity contribution in [2.75, 3.05) is 0 Å². The lowest BCUT2D eigenvalue weighted by Crippen LogP contribution is -1.89. The number of aromatic amines is 1. The van der Waals surface area contributed by atoms with Crippen molar-refractivity contribution in [1.29, 1.82) is 0 Å². The minimum Gasteiger partial charge on any atom is -0.345 e. The lowest BCUT2D eigenvalue weighted by molar-refractivity contribution is 0.572. The van der Waals surface area contributed by atoms with Gasteiger partial charge >= 0.3 is 0 Å². The summed E-state index contributed by atoms with van der Waals surface area (Å²) in [6.45, 7) is 2.26. The fourth-order valence-corrected chi connectivity index (χ4v) is 2.16. The van der Waals surface area contributed by atoms with Crippen LogP contribution < -0.4 is 0 Å². The second kappa shape index (κ2) is 11.9. The first-order valence-corrected chi connectivity index (χ1v) is 7.49. The number of hydrogen-bond donors (Lipinski definition) is 1. The van der Waals surface area contributed by atoms with Crippen LogP contribution in [-0.2, 0) is 12.3 Å². The Balaban J connectivity index is 0.00000289. The zero-order valence-electron chi connectivity index (χ0n) is 11.4. The average Bonchev–Trinajstić information content (AvgIpc) is 2.80. The van der Waals surface area contributed by atoms with Gasteiger partial charge < -0.3 is 4.98 Å². The quantitative estimate of drug-likeness (QED) is 0.463. The number of H-pyrrole nitrogens is 1. The molecule has 1 heterocycles. The molecule has 0 aliphatic heterocycles. The predicted molar refractivity (Wildman–Crippen MR) is 81.7 cm³/mol. The largest absolute Gasteiger partial charge is 0.345 e. The van der Waals surface area contributed by atoms with Crippen molar-refractivity contribution >= 4 is 24.0 Å². The molecule has 0 aromatic carbocycles. The number of nitrogens with zero attached hydrogens (tertiary/aromatic N) is 1. The number of aryl methyl sites for hydroxylation is 1. The molecule has 0 aliphatic carbocycles. The van der Waals surface area contributed by atoms with E-state index in [1.807, 2.05) is 6.20 Å². The van der Waals surface area contributed by atoms with E-state index in [-0.39, 0.29) is 12.4 Å². The molecule has 0 aliphatic rings. The number of alkyl halides is 1. The molecule has 1 aromatic rings. The first-order valence-electron chi connectivity index (χ1n) is 6.95. The van der Waals surface area contributed by atoms with Gasteiger partial charge in [-0.25, -0.2) is 4.98 Å². The first kappa shape index (κ1) is 17.8. The van der Waals surface area contributed by atoms with E-state index in [1.165, 1.54) is 51.4 Å². The summed E-state index contributed by atoms with van der Waals surface area (Å²) < 4.78 is 0. The molecule has 0 atom stereocenters. The van der Waals surface area contributed by atoms with Crippen LogP contribution in [0.3, 0.4) is 0 Å². The van der Waals surface area contributed by atoms with Crippen molar-refractivity contribution < 1.29 is 0 Å². The molecule has 2 nitrogen and oxygen atoms in total. The highest BCUT2D eigenvalue weighted by molar-refractivity contribution is 6.16. The number of halogens is 2. The summed E-state index contributed by atoms with van der Waals surface area (Å²) in [5.74, 6) is 1.62. The second-order valence-electron chi connectivity index (χ2n) is 4.71. The van der Waals surface area contributed by atoms with Crippen LogP contribution in [0.5, 0.6) is 0 Å². The molecule has 1 aromatic heterocycles. The molecule has 0 radical (unpaired) electrons. The Bertz CT molecular complexity index is 287. The Hall–Kier alpha value is -0.210. The average molecular weight is 293 g/mol. The summed E-state index contributed by atoms with van der Waals surface area (Å²) >= 11 is 5.71. The Morgan fingerprint density at radius 2 is 1.67 bits per heavy atom. The number of unbranched alkanes of at least 4 members (excludes halogenated alkanes) is 7. The molecule has 106 valence electrons. The molecule has 18 heavy (non-hydrogen) atoms. The SMILES string of the molecule is CCCCCCCCCCc1ncc(CCl)[nH]1.Cl. The Labute approximate surface area is 122 Å². The number of aromatic nitrogens is 2. The van der Waals surface area contributed by atoms with Crippen LogP contribution in [0.2, 0.25) is 0 Å². The maximum absolute atomic E-state index is 5.71. The highest BCUT2D eigenvalue weighted by Crippen LogP contribution is 2.10. The fraction of sp³-hybridized carbons (Fsp3) is 0.786. The predicted octanol–water partition coefficient (Wildman–Crippen LogP) is 5.25. The summed E-state index contributed by atoms with van der Waals surface area (Å²) in [6, 6.07) is 0. The van der Waals surface area contributed by atoms with Gasteiger partial charge in [0, 0.05) is 18.3 Å². The highest BCUT2D eigenvalue weighted by Gasteiger charge is 1.99. The number of rotatable bonds is 10. The molecule has 0 fully saturated rings. The van der Waals surface area contributed by atoms with Gasteiger partial charge in [-0.2, -0.15) is 0 Å². The zero-order valence-corrected chi connectivity index (χ0v) is 13.0. The van der Waals surface area contributed by atoms with Gasteiger partial charge in [-0.05, 0) is 6.42 Å². The van der Waals surface area contributed by atoms with Crippen LogP contribution in [0.1, 0.15) is 69.8 Å². The standard InChI is InChI=1S/C14H25ClN2.ClH/c1-2-3-4-5-6-7-8-9-10-14-16-12-13(11-15)17-14;/h12H,2-11H2,1H3,(H,16,17);1H. The van der Waals surface area contributed by atoms with Crippen molar-refractivity contribution in [2.45, 2.75) is 70.6 Å². The first-order chi connectivity index (χ1) is 8.36. The van der Waals surface area contributed by atoms with E-state index in [4.69, 9.17) is 11.6 Å². The third-order valence-corrected chi connectivity index (χ3v) is 3.38. The van der Waals surface area contributed by atoms with E-state index in [1.54, 1.807) is 0 Å². The topological polar surface area (TPSA) is 28.7 Å². The van der Waals surface area contributed by atoms with Crippen LogP contribution in [0.25, 0.3) is 0 Å². The highest BCUT2D eigenvalue weighted by atomic mass is 35.5. The second-order valence-corrected chi connectivity index (χ2v) is 4.98. The smallest absolute Gasteiger partial charge is 0.106 e. The van der Waals surface area contributed by atoms with Crippen LogP contribution >= 0.6 is 24.0 Å². The van der Waals surface area contributed by atoms with Gasteiger partial charge in [0.2, 0.25) is 0 Å². The van der Waals surface area contributed by atoms with Gasteiger partial charge in [-0.3, -0.25) is 0 Å². The van der Waals surface area contributed by atoms with Crippen molar-refractivity contribution in [1.82, 2.24) is 9.97 Å². The third-order valence-electron chi connectivity index (χ3n) is 3.09. The summed E-state index contributed by atoms with van der Waals surface area (Å²) in [5.41, 5.74) is 1.03. The molecule has 0 saturated heterocycles. The molecule has 4 heteroatoms. The monoisotopic (exact) mass is 292 g/mol. The van der Waals surface area contributed by atoms with Crippen LogP contribution in [-0.4, -0.2) is 9.97 Å². The van der Waals surface area contributed by atoms with Crippen LogP contribution in [0, 0.1) is 0 Å². The van der Waals surface area contributed by atoms with E-state index < -0.39 is 0 Å². The summed E-state index contributed by atoms with van der Waals surface area (Å²) in [5, 5.41) is 0. The van der Waals surface area contributed by atoms with Gasteiger partial charge in [0.1, 0.15) is 5.82 Å². The van der Waals surface area contributed by atoms with Crippen molar-refractivity contribution in [3.63, 3.8) is 0 Å². The molecule has 0 unspecified atom stereocenters. The van der Waals surface area contributed by atoms with Gasteiger partial charge in [0.15, 0.2) is 0 Å². The lowest BCUT2D eigenvalue weighted by Gasteiger charge is -2.00. The van der Waals surface area contributed by atoms with E-state index in [0.29, 0.717) is 5.88 Å². The molecule has 1 N–H and O–H groups in total. The maximum atomic E-state index is 5.71. The Kier molecular flexibility index (Phi) is 11.7. The maximum Gasteiger partial charge on any atom is 0.106 e. The fourth-order valence-electron chi connectivity index (χ4n) is 2.03. The molecular formula is C14H26Cl2N2. The van der Waals surface area contributed by atoms with Crippen LogP contribution in [0.4, 0.5) is 0 Å². The lowest BCUT2D eigenvalue weighted by atomic mass is 10.1. The number of imidazole rings is 1. The van der Waals surface area contributed by atoms with Crippen molar-refractivity contribution in [3.8, 4) is 0 Å². The van der Waals surface area contributed by atoms with Crippen LogP contribution in [0.15, 0.2) is 6.20 Å². The Morgan fingerprint density at radius 1 is 1.06 bits per heavy atom. The normalized spacial score (nSPS) is 10.3. The molecule has 0 bridgehead atoms. The van der Waals surface area contributed by atoms with Crippen molar-refractivity contribution in [2.24, 2.45) is 0 Å². The molecule has 0 spiro atoms. The van der Waals surface area contributed by atoms with Gasteiger partial charge in [-0.1, -0.05) is 51.9 Å². The minimum absolute atomic E-state index is 0. The van der Waals surface area contributed by atoms with Crippen molar-refractivity contribution in [3.05, 3.63) is 17.7 Å².